The first-order valence-electron chi connectivity index (χ1n) is 6.11. The third kappa shape index (κ3) is 6.89. The lowest BCUT2D eigenvalue weighted by atomic mass is 10.1. The molecule has 0 saturated heterocycles. The molecule has 1 atom stereocenters. The molecule has 1 unspecified atom stereocenters. The van der Waals surface area contributed by atoms with Crippen molar-refractivity contribution in [2.24, 2.45) is 5.92 Å². The summed E-state index contributed by atoms with van der Waals surface area (Å²) < 4.78 is 9.87. The van der Waals surface area contributed by atoms with Crippen molar-refractivity contribution >= 4 is 11.9 Å². The van der Waals surface area contributed by atoms with E-state index in [9.17, 15) is 9.59 Å². The van der Waals surface area contributed by atoms with Crippen molar-refractivity contribution in [2.75, 3.05) is 13.2 Å². The van der Waals surface area contributed by atoms with E-state index in [0.29, 0.717) is 13.0 Å². The van der Waals surface area contributed by atoms with Gasteiger partial charge in [-0.05, 0) is 33.1 Å². The van der Waals surface area contributed by atoms with Crippen molar-refractivity contribution in [3.63, 3.8) is 0 Å². The standard InChI is InChI=1S/C14H22O4/c1-5-8-12(13(15)17-6-2)14(16)18-10-7-9-11(3)4/h5,12H,1,3,6-10H2,2,4H3. The second-order valence-electron chi connectivity index (χ2n) is 4.06. The molecule has 0 aliphatic carbocycles. The Morgan fingerprint density at radius 2 is 1.89 bits per heavy atom. The highest BCUT2D eigenvalue weighted by molar-refractivity contribution is 5.95. The monoisotopic (exact) mass is 254 g/mol. The van der Waals surface area contributed by atoms with E-state index in [1.807, 2.05) is 6.92 Å². The Morgan fingerprint density at radius 3 is 2.39 bits per heavy atom. The average Bonchev–Trinajstić information content (AvgIpc) is 2.31. The van der Waals surface area contributed by atoms with Gasteiger partial charge in [-0.2, -0.15) is 0 Å². The molecule has 102 valence electrons. The first-order chi connectivity index (χ1) is 8.52. The lowest BCUT2D eigenvalue weighted by molar-refractivity contribution is -0.161. The summed E-state index contributed by atoms with van der Waals surface area (Å²) in [4.78, 5) is 23.2. The zero-order chi connectivity index (χ0) is 14.0. The van der Waals surface area contributed by atoms with Crippen molar-refractivity contribution in [1.82, 2.24) is 0 Å². The summed E-state index contributed by atoms with van der Waals surface area (Å²) in [6.45, 7) is 11.4. The maximum Gasteiger partial charge on any atom is 0.320 e. The average molecular weight is 254 g/mol. The molecule has 0 saturated carbocycles. The topological polar surface area (TPSA) is 52.6 Å². The minimum absolute atomic E-state index is 0.234. The molecule has 0 N–H and O–H groups in total. The fraction of sp³-hybridized carbons (Fsp3) is 0.571. The largest absolute Gasteiger partial charge is 0.465 e. The summed E-state index contributed by atoms with van der Waals surface area (Å²) in [7, 11) is 0. The smallest absolute Gasteiger partial charge is 0.320 e. The molecule has 0 spiro atoms. The van der Waals surface area contributed by atoms with Crippen LogP contribution in [-0.4, -0.2) is 25.2 Å². The molecule has 0 aromatic carbocycles. The molecule has 0 bridgehead atoms. The number of carbonyl (C=O) groups excluding carboxylic acids is 2. The predicted molar refractivity (Wildman–Crippen MR) is 69.9 cm³/mol. The normalized spacial score (nSPS) is 11.4. The molecule has 0 aromatic rings. The Balaban J connectivity index is 4.17. The molecule has 0 aromatic heterocycles. The van der Waals surface area contributed by atoms with Gasteiger partial charge in [-0.3, -0.25) is 9.59 Å². The number of carbonyl (C=O) groups is 2. The lowest BCUT2D eigenvalue weighted by Gasteiger charge is -2.13. The first kappa shape index (κ1) is 16.4. The van der Waals surface area contributed by atoms with Gasteiger partial charge in [0.2, 0.25) is 0 Å². The van der Waals surface area contributed by atoms with Crippen LogP contribution < -0.4 is 0 Å². The van der Waals surface area contributed by atoms with Gasteiger partial charge in [0, 0.05) is 0 Å². The number of ether oxygens (including phenoxy) is 2. The van der Waals surface area contributed by atoms with Gasteiger partial charge in [-0.25, -0.2) is 0 Å². The van der Waals surface area contributed by atoms with Crippen LogP contribution in [0.25, 0.3) is 0 Å². The van der Waals surface area contributed by atoms with Crippen molar-refractivity contribution in [3.05, 3.63) is 24.8 Å². The van der Waals surface area contributed by atoms with Gasteiger partial charge in [0.05, 0.1) is 13.2 Å². The second kappa shape index (κ2) is 9.45. The first-order valence-corrected chi connectivity index (χ1v) is 6.11. The third-order valence-corrected chi connectivity index (χ3v) is 2.25. The Morgan fingerprint density at radius 1 is 1.28 bits per heavy atom. The SMILES string of the molecule is C=CCC(C(=O)OCC)C(=O)OCCCC(=C)C. The molecule has 0 radical (unpaired) electrons. The quantitative estimate of drug-likeness (QED) is 0.275. The van der Waals surface area contributed by atoms with Crippen LogP contribution >= 0.6 is 0 Å². The van der Waals surface area contributed by atoms with E-state index in [1.165, 1.54) is 6.08 Å². The van der Waals surface area contributed by atoms with Gasteiger partial charge in [0.15, 0.2) is 5.92 Å². The molecule has 4 heteroatoms. The summed E-state index contributed by atoms with van der Waals surface area (Å²) in [5.41, 5.74) is 1.04. The summed E-state index contributed by atoms with van der Waals surface area (Å²) >= 11 is 0. The van der Waals surface area contributed by atoms with Crippen LogP contribution in [0.15, 0.2) is 24.8 Å². The van der Waals surface area contributed by atoms with E-state index in [0.717, 1.165) is 12.0 Å². The molecule has 0 aliphatic heterocycles. The second-order valence-corrected chi connectivity index (χ2v) is 4.06. The van der Waals surface area contributed by atoms with Crippen LogP contribution in [0.3, 0.4) is 0 Å². The summed E-state index contributed by atoms with van der Waals surface area (Å²) in [5, 5.41) is 0. The Hall–Kier alpha value is -1.58. The highest BCUT2D eigenvalue weighted by Gasteiger charge is 2.28. The maximum atomic E-state index is 11.7. The number of hydrogen-bond donors (Lipinski definition) is 0. The van der Waals surface area contributed by atoms with Crippen LogP contribution in [-0.2, 0) is 19.1 Å². The predicted octanol–water partition coefficient (Wildman–Crippen LogP) is 2.64. The minimum Gasteiger partial charge on any atom is -0.465 e. The minimum atomic E-state index is -0.896. The van der Waals surface area contributed by atoms with E-state index in [4.69, 9.17) is 9.47 Å². The molecule has 0 fully saturated rings. The van der Waals surface area contributed by atoms with Gasteiger partial charge in [-0.15, -0.1) is 13.2 Å². The maximum absolute atomic E-state index is 11.7. The highest BCUT2D eigenvalue weighted by atomic mass is 16.6. The van der Waals surface area contributed by atoms with Crippen LogP contribution in [0.2, 0.25) is 0 Å². The van der Waals surface area contributed by atoms with E-state index < -0.39 is 17.9 Å². The van der Waals surface area contributed by atoms with Crippen molar-refractivity contribution in [1.29, 1.82) is 0 Å². The number of rotatable bonds is 9. The molecular formula is C14H22O4. The zero-order valence-electron chi connectivity index (χ0n) is 11.2. The molecule has 18 heavy (non-hydrogen) atoms. The number of esters is 2. The number of hydrogen-bond acceptors (Lipinski definition) is 4. The highest BCUT2D eigenvalue weighted by Crippen LogP contribution is 2.10. The summed E-state index contributed by atoms with van der Waals surface area (Å²) in [6.07, 6.45) is 3.26. The van der Waals surface area contributed by atoms with E-state index in [-0.39, 0.29) is 13.0 Å². The molecule has 4 nitrogen and oxygen atoms in total. The molecule has 0 rings (SSSR count). The van der Waals surface area contributed by atoms with Crippen molar-refractivity contribution in [3.8, 4) is 0 Å². The van der Waals surface area contributed by atoms with Gasteiger partial charge in [0.25, 0.3) is 0 Å². The van der Waals surface area contributed by atoms with E-state index >= 15 is 0 Å². The molecule has 0 heterocycles. The zero-order valence-corrected chi connectivity index (χ0v) is 11.2. The molecule has 0 amide bonds. The van der Waals surface area contributed by atoms with Crippen LogP contribution in [0.5, 0.6) is 0 Å². The Kier molecular flexibility index (Phi) is 8.62. The Bertz CT molecular complexity index is 307. The van der Waals surface area contributed by atoms with Crippen LogP contribution in [0, 0.1) is 5.92 Å². The van der Waals surface area contributed by atoms with Crippen molar-refractivity contribution < 1.29 is 19.1 Å². The van der Waals surface area contributed by atoms with Crippen LogP contribution in [0.1, 0.15) is 33.1 Å². The van der Waals surface area contributed by atoms with Gasteiger partial charge < -0.3 is 9.47 Å². The van der Waals surface area contributed by atoms with Gasteiger partial charge in [0.1, 0.15) is 0 Å². The summed E-state index contributed by atoms with van der Waals surface area (Å²) in [6, 6.07) is 0. The number of allylic oxidation sites excluding steroid dienone is 2. The van der Waals surface area contributed by atoms with Crippen molar-refractivity contribution in [2.45, 2.75) is 33.1 Å². The van der Waals surface area contributed by atoms with E-state index in [1.54, 1.807) is 6.92 Å². The molecule has 0 aliphatic rings. The van der Waals surface area contributed by atoms with E-state index in [2.05, 4.69) is 13.2 Å². The lowest BCUT2D eigenvalue weighted by Crippen LogP contribution is -2.28. The summed E-state index contributed by atoms with van der Waals surface area (Å²) in [5.74, 6) is -2.00. The fourth-order valence-electron chi connectivity index (χ4n) is 1.35. The third-order valence-electron chi connectivity index (χ3n) is 2.25. The molecular weight excluding hydrogens is 232 g/mol. The van der Waals surface area contributed by atoms with Gasteiger partial charge in [-0.1, -0.05) is 11.6 Å². The Labute approximate surface area is 109 Å². The van der Waals surface area contributed by atoms with Gasteiger partial charge >= 0.3 is 11.9 Å². The fourth-order valence-corrected chi connectivity index (χ4v) is 1.35. The van der Waals surface area contributed by atoms with Crippen LogP contribution in [0.4, 0.5) is 0 Å².